The van der Waals surface area contributed by atoms with Crippen LogP contribution in [0.3, 0.4) is 0 Å². The molecule has 7 heteroatoms. The number of nitrogens with zero attached hydrogens (tertiary/aromatic N) is 2. The summed E-state index contributed by atoms with van der Waals surface area (Å²) in [5.74, 6) is 1.40. The van der Waals surface area contributed by atoms with Crippen LogP contribution in [0.25, 0.3) is 0 Å². The minimum absolute atomic E-state index is 1.13. The summed E-state index contributed by atoms with van der Waals surface area (Å²) in [6.07, 6.45) is 0. The van der Waals surface area contributed by atoms with Gasteiger partial charge in [-0.15, -0.1) is 0 Å². The summed E-state index contributed by atoms with van der Waals surface area (Å²) in [7, 11) is -6.63. The fraction of sp³-hybridized carbons (Fsp3) is 1.00. The van der Waals surface area contributed by atoms with Crippen molar-refractivity contribution in [3.05, 3.63) is 0 Å². The lowest BCUT2D eigenvalue weighted by Gasteiger charge is -2.52. The van der Waals surface area contributed by atoms with Crippen LogP contribution in [-0.4, -0.2) is 49.2 Å². The summed E-state index contributed by atoms with van der Waals surface area (Å²) < 4.78 is 8.70. The molecular formula is C14H41N2PSi4. The molecule has 2 nitrogen and oxygen atoms in total. The lowest BCUT2D eigenvalue weighted by molar-refractivity contribution is 0.958. The van der Waals surface area contributed by atoms with Crippen molar-refractivity contribution in [2.24, 2.45) is 4.41 Å². The van der Waals surface area contributed by atoms with Gasteiger partial charge in [0, 0.05) is 7.21 Å². The van der Waals surface area contributed by atoms with Gasteiger partial charge in [0.25, 0.3) is 0 Å². The van der Waals surface area contributed by atoms with Crippen molar-refractivity contribution in [3.8, 4) is 0 Å². The van der Waals surface area contributed by atoms with Crippen LogP contribution < -0.4 is 0 Å². The van der Waals surface area contributed by atoms with E-state index >= 15 is 0 Å². The standard InChI is InChI=1S/C14H41N2PSi4/c1-17(14-18(2,3)4,15-19(5,6)7)16(20(8,9)10)21(11,12)13/h14H2,1-13H3. The van der Waals surface area contributed by atoms with Gasteiger partial charge in [-0.2, -0.15) is 0 Å². The Balaban J connectivity index is 6.30. The smallest absolute Gasteiger partial charge is 0.172 e. The Morgan fingerprint density at radius 3 is 1.24 bits per heavy atom. The van der Waals surface area contributed by atoms with E-state index in [1.54, 1.807) is 0 Å². The summed E-state index contributed by atoms with van der Waals surface area (Å²) in [4.78, 5) is 0. The Kier molecular flexibility index (Phi) is 6.84. The molecule has 1 atom stereocenters. The van der Waals surface area contributed by atoms with Crippen LogP contribution in [0.1, 0.15) is 0 Å². The zero-order valence-electron chi connectivity index (χ0n) is 17.0. The SMILES string of the molecule is C[Si](C)(C)CP(C)(=N[Si](C)(C)C)N([Si](C)(C)C)[Si](C)(C)C. The van der Waals surface area contributed by atoms with Crippen LogP contribution in [0.15, 0.2) is 4.41 Å². The molecular weight excluding hydrogens is 339 g/mol. The van der Waals surface area contributed by atoms with Crippen molar-refractivity contribution in [1.82, 2.24) is 4.00 Å². The van der Waals surface area contributed by atoms with E-state index in [2.05, 4.69) is 89.2 Å². The van der Waals surface area contributed by atoms with Gasteiger partial charge in [0.1, 0.15) is 16.5 Å². The van der Waals surface area contributed by atoms with E-state index in [-0.39, 0.29) is 0 Å². The van der Waals surface area contributed by atoms with Gasteiger partial charge in [0.15, 0.2) is 8.24 Å². The molecule has 128 valence electrons. The Morgan fingerprint density at radius 2 is 1.05 bits per heavy atom. The molecule has 0 saturated carbocycles. The Hall–Kier alpha value is 1.06. The molecule has 0 aromatic heterocycles. The second-order valence-corrected chi connectivity index (χ2v) is 35.6. The number of hydrogen-bond acceptors (Lipinski definition) is 1. The van der Waals surface area contributed by atoms with Crippen LogP contribution in [0.2, 0.25) is 78.6 Å². The normalized spacial score (nSPS) is 17.8. The van der Waals surface area contributed by atoms with Crippen molar-refractivity contribution in [2.45, 2.75) is 78.6 Å². The molecule has 0 aromatic carbocycles. The molecule has 0 aliphatic rings. The van der Waals surface area contributed by atoms with Gasteiger partial charge in [-0.25, -0.2) is 0 Å². The first kappa shape index (κ1) is 22.1. The Morgan fingerprint density at radius 1 is 0.714 bits per heavy atom. The first-order valence-corrected chi connectivity index (χ1v) is 24.6. The fourth-order valence-electron chi connectivity index (χ4n) is 3.99. The van der Waals surface area contributed by atoms with Gasteiger partial charge in [-0.05, 0) is 12.5 Å². The maximum Gasteiger partial charge on any atom is 0.172 e. The zero-order valence-corrected chi connectivity index (χ0v) is 21.9. The monoisotopic (exact) mass is 380 g/mol. The van der Waals surface area contributed by atoms with Crippen molar-refractivity contribution in [2.75, 3.05) is 12.5 Å². The largest absolute Gasteiger partial charge is 0.326 e. The van der Waals surface area contributed by atoms with Crippen molar-refractivity contribution >= 4 is 40.0 Å². The summed E-state index contributed by atoms with van der Waals surface area (Å²) in [6.45, 7) is 32.6. The zero-order chi connectivity index (χ0) is 17.5. The number of hydrogen-bond donors (Lipinski definition) is 0. The van der Waals surface area contributed by atoms with Crippen molar-refractivity contribution in [3.63, 3.8) is 0 Å². The van der Waals surface area contributed by atoms with Crippen LogP contribution in [0.5, 0.6) is 0 Å². The molecule has 1 unspecified atom stereocenters. The van der Waals surface area contributed by atoms with Gasteiger partial charge in [0.2, 0.25) is 0 Å². The molecule has 0 aliphatic carbocycles. The van der Waals surface area contributed by atoms with Crippen molar-refractivity contribution < 1.29 is 0 Å². The fourth-order valence-corrected chi connectivity index (χ4v) is 38.7. The third kappa shape index (κ3) is 7.93. The molecule has 0 saturated heterocycles. The van der Waals surface area contributed by atoms with Crippen LogP contribution in [-0.2, 0) is 0 Å². The maximum absolute atomic E-state index is 5.64. The molecule has 0 bridgehead atoms. The lowest BCUT2D eigenvalue weighted by Crippen LogP contribution is -2.58. The van der Waals surface area contributed by atoms with E-state index in [4.69, 9.17) is 4.41 Å². The summed E-state index contributed by atoms with van der Waals surface area (Å²) in [5.41, 5.74) is 0. The van der Waals surface area contributed by atoms with Gasteiger partial charge >= 0.3 is 0 Å². The summed E-state index contributed by atoms with van der Waals surface area (Å²) >= 11 is 0. The molecule has 0 heterocycles. The number of rotatable bonds is 6. The molecule has 21 heavy (non-hydrogen) atoms. The minimum Gasteiger partial charge on any atom is -0.326 e. The van der Waals surface area contributed by atoms with E-state index in [0.717, 1.165) is 0 Å². The predicted octanol–water partition coefficient (Wildman–Crippen LogP) is 6.42. The first-order chi connectivity index (χ1) is 8.78. The van der Waals surface area contributed by atoms with E-state index in [1.807, 2.05) is 0 Å². The van der Waals surface area contributed by atoms with Crippen LogP contribution in [0.4, 0.5) is 0 Å². The average Bonchev–Trinajstić information content (AvgIpc) is 1.83. The highest BCUT2D eigenvalue weighted by atomic mass is 31.2. The van der Waals surface area contributed by atoms with E-state index in [9.17, 15) is 0 Å². The molecule has 0 aromatic rings. The van der Waals surface area contributed by atoms with Gasteiger partial charge < -0.3 is 8.41 Å². The van der Waals surface area contributed by atoms with Gasteiger partial charge in [-0.1, -0.05) is 78.6 Å². The predicted molar refractivity (Wildman–Crippen MR) is 115 cm³/mol. The second-order valence-electron chi connectivity index (χ2n) is 10.7. The third-order valence-corrected chi connectivity index (χ3v) is 26.9. The molecule has 0 amide bonds. The molecule has 0 radical (unpaired) electrons. The highest BCUT2D eigenvalue weighted by Crippen LogP contribution is 2.57. The molecule has 0 rings (SSSR count). The third-order valence-electron chi connectivity index (χ3n) is 2.99. The molecule has 0 aliphatic heterocycles. The van der Waals surface area contributed by atoms with E-state index in [0.29, 0.717) is 0 Å². The molecule has 0 spiro atoms. The van der Waals surface area contributed by atoms with E-state index in [1.165, 1.54) is 5.79 Å². The Labute approximate surface area is 139 Å². The highest BCUT2D eigenvalue weighted by molar-refractivity contribution is 7.70. The second kappa shape index (κ2) is 6.52. The first-order valence-electron chi connectivity index (χ1n) is 8.19. The van der Waals surface area contributed by atoms with Crippen molar-refractivity contribution in [1.29, 1.82) is 0 Å². The maximum atomic E-state index is 5.64. The highest BCUT2D eigenvalue weighted by Gasteiger charge is 2.43. The van der Waals surface area contributed by atoms with E-state index < -0.39 is 40.0 Å². The molecule has 0 N–H and O–H groups in total. The van der Waals surface area contributed by atoms with Crippen LogP contribution >= 0.6 is 7.21 Å². The minimum atomic E-state index is -1.41. The summed E-state index contributed by atoms with van der Waals surface area (Å²) in [5, 5.41) is 0. The van der Waals surface area contributed by atoms with Gasteiger partial charge in [0.05, 0.1) is 8.07 Å². The average molecular weight is 381 g/mol. The quantitative estimate of drug-likeness (QED) is 0.383. The Bertz CT molecular complexity index is 395. The summed E-state index contributed by atoms with van der Waals surface area (Å²) in [6, 6.07) is 0. The molecule has 0 fully saturated rings. The topological polar surface area (TPSA) is 15.6 Å². The lowest BCUT2D eigenvalue weighted by atomic mass is 11.7. The van der Waals surface area contributed by atoms with Gasteiger partial charge in [-0.3, -0.25) is 0 Å². The van der Waals surface area contributed by atoms with Crippen LogP contribution in [0, 0.1) is 0 Å².